The molecule has 0 aliphatic heterocycles. The summed E-state index contributed by atoms with van der Waals surface area (Å²) in [6.45, 7) is 4.25. The molecular weight excluding hydrogens is 395 g/mol. The molecule has 28 heavy (non-hydrogen) atoms. The maximum atomic E-state index is 13.0. The number of hydrogen-bond acceptors (Lipinski definition) is 3. The van der Waals surface area contributed by atoms with Gasteiger partial charge in [-0.25, -0.2) is 0 Å². The predicted octanol–water partition coefficient (Wildman–Crippen LogP) is 7.38. The Bertz CT molecular complexity index is 616. The van der Waals surface area contributed by atoms with Crippen molar-refractivity contribution in [3.05, 3.63) is 33.8 Å². The highest BCUT2D eigenvalue weighted by Gasteiger charge is 2.24. The van der Waals surface area contributed by atoms with Crippen molar-refractivity contribution in [2.24, 2.45) is 5.92 Å². The minimum Gasteiger partial charge on any atom is -0.469 e. The van der Waals surface area contributed by atoms with Crippen molar-refractivity contribution in [1.82, 2.24) is 0 Å². The van der Waals surface area contributed by atoms with Crippen LogP contribution >= 0.6 is 23.2 Å². The van der Waals surface area contributed by atoms with Crippen LogP contribution in [0.1, 0.15) is 89.5 Å². The molecule has 1 aromatic carbocycles. The van der Waals surface area contributed by atoms with E-state index in [1.165, 1.54) is 7.11 Å². The zero-order valence-corrected chi connectivity index (χ0v) is 19.0. The number of ketones is 1. The summed E-state index contributed by atoms with van der Waals surface area (Å²) in [5.74, 6) is -0.292. The van der Waals surface area contributed by atoms with Crippen molar-refractivity contribution in [3.63, 3.8) is 0 Å². The van der Waals surface area contributed by atoms with Gasteiger partial charge in [-0.15, -0.1) is 0 Å². The van der Waals surface area contributed by atoms with Gasteiger partial charge in [-0.2, -0.15) is 0 Å². The number of carbonyl (C=O) groups excluding carboxylic acids is 2. The Morgan fingerprint density at radius 1 is 0.964 bits per heavy atom. The fourth-order valence-electron chi connectivity index (χ4n) is 3.57. The Balaban J connectivity index is 2.76. The lowest BCUT2D eigenvalue weighted by atomic mass is 9.86. The highest BCUT2D eigenvalue weighted by Crippen LogP contribution is 2.33. The highest BCUT2D eigenvalue weighted by molar-refractivity contribution is 6.35. The lowest BCUT2D eigenvalue weighted by Crippen LogP contribution is -2.18. The number of rotatable bonds is 14. The molecule has 0 radical (unpaired) electrons. The number of unbranched alkanes of at least 4 members (excludes halogenated alkanes) is 3. The van der Waals surface area contributed by atoms with Gasteiger partial charge in [0.2, 0.25) is 0 Å². The van der Waals surface area contributed by atoms with Gasteiger partial charge in [-0.05, 0) is 43.4 Å². The zero-order chi connectivity index (χ0) is 20.9. The molecule has 0 saturated carbocycles. The van der Waals surface area contributed by atoms with Crippen molar-refractivity contribution < 1.29 is 14.3 Å². The highest BCUT2D eigenvalue weighted by atomic mass is 35.5. The third kappa shape index (κ3) is 8.53. The Kier molecular flexibility index (Phi) is 12.5. The SMILES string of the molecule is CCCCCC(C(=O)CCCC(CCCC)C(=O)OC)c1ccc(Cl)cc1Cl. The van der Waals surface area contributed by atoms with Crippen LogP contribution in [-0.2, 0) is 14.3 Å². The van der Waals surface area contributed by atoms with Gasteiger partial charge in [0, 0.05) is 22.4 Å². The molecule has 0 heterocycles. The lowest BCUT2D eigenvalue weighted by molar-refractivity contribution is -0.146. The normalized spacial score (nSPS) is 13.2. The number of carbonyl (C=O) groups is 2. The molecule has 0 aromatic heterocycles. The van der Waals surface area contributed by atoms with E-state index < -0.39 is 0 Å². The maximum Gasteiger partial charge on any atom is 0.308 e. The largest absolute Gasteiger partial charge is 0.469 e. The molecule has 0 bridgehead atoms. The molecule has 5 heteroatoms. The second-order valence-corrected chi connectivity index (χ2v) is 8.28. The fraction of sp³-hybridized carbons (Fsp3) is 0.652. The first kappa shape index (κ1) is 25.0. The van der Waals surface area contributed by atoms with Crippen LogP contribution < -0.4 is 0 Å². The zero-order valence-electron chi connectivity index (χ0n) is 17.4. The first-order chi connectivity index (χ1) is 13.4. The van der Waals surface area contributed by atoms with E-state index in [1.54, 1.807) is 12.1 Å². The van der Waals surface area contributed by atoms with Gasteiger partial charge in [0.05, 0.1) is 13.0 Å². The number of methoxy groups -OCH3 is 1. The molecule has 2 atom stereocenters. The molecule has 0 spiro atoms. The molecule has 1 aromatic rings. The van der Waals surface area contributed by atoms with Gasteiger partial charge in [-0.1, -0.05) is 75.2 Å². The van der Waals surface area contributed by atoms with E-state index in [0.717, 1.165) is 50.5 Å². The quantitative estimate of drug-likeness (QED) is 0.229. The van der Waals surface area contributed by atoms with Gasteiger partial charge in [-0.3, -0.25) is 9.59 Å². The van der Waals surface area contributed by atoms with E-state index in [2.05, 4.69) is 13.8 Å². The second-order valence-electron chi connectivity index (χ2n) is 7.44. The number of esters is 1. The van der Waals surface area contributed by atoms with Crippen LogP contribution in [0.5, 0.6) is 0 Å². The van der Waals surface area contributed by atoms with E-state index in [9.17, 15) is 9.59 Å². The molecule has 0 amide bonds. The van der Waals surface area contributed by atoms with Crippen LogP contribution in [-0.4, -0.2) is 18.9 Å². The summed E-state index contributed by atoms with van der Waals surface area (Å²) >= 11 is 12.4. The lowest BCUT2D eigenvalue weighted by Gasteiger charge is -2.19. The average Bonchev–Trinajstić information content (AvgIpc) is 2.68. The molecule has 1 rings (SSSR count). The van der Waals surface area contributed by atoms with Gasteiger partial charge in [0.15, 0.2) is 0 Å². The van der Waals surface area contributed by atoms with E-state index in [-0.39, 0.29) is 23.6 Å². The van der Waals surface area contributed by atoms with Crippen molar-refractivity contribution in [3.8, 4) is 0 Å². The summed E-state index contributed by atoms with van der Waals surface area (Å²) in [6, 6.07) is 5.37. The minimum atomic E-state index is -0.205. The van der Waals surface area contributed by atoms with Crippen molar-refractivity contribution in [2.45, 2.75) is 84.0 Å². The summed E-state index contributed by atoms with van der Waals surface area (Å²) in [6.07, 6.45) is 8.68. The third-order valence-electron chi connectivity index (χ3n) is 5.24. The summed E-state index contributed by atoms with van der Waals surface area (Å²) in [5, 5.41) is 1.13. The fourth-order valence-corrected chi connectivity index (χ4v) is 4.11. The van der Waals surface area contributed by atoms with Gasteiger partial charge >= 0.3 is 5.97 Å². The molecule has 2 unspecified atom stereocenters. The molecule has 3 nitrogen and oxygen atoms in total. The number of benzene rings is 1. The van der Waals surface area contributed by atoms with Crippen LogP contribution in [0.4, 0.5) is 0 Å². The molecule has 0 aliphatic carbocycles. The van der Waals surface area contributed by atoms with E-state index in [1.807, 2.05) is 6.07 Å². The smallest absolute Gasteiger partial charge is 0.308 e. The minimum absolute atomic E-state index is 0.115. The van der Waals surface area contributed by atoms with Crippen LogP contribution in [0.15, 0.2) is 18.2 Å². The monoisotopic (exact) mass is 428 g/mol. The number of hydrogen-bond donors (Lipinski definition) is 0. The Hall–Kier alpha value is -1.06. The molecule has 158 valence electrons. The Morgan fingerprint density at radius 3 is 2.25 bits per heavy atom. The summed E-state index contributed by atoms with van der Waals surface area (Å²) < 4.78 is 4.92. The van der Waals surface area contributed by atoms with Crippen LogP contribution in [0.3, 0.4) is 0 Å². The van der Waals surface area contributed by atoms with Crippen LogP contribution in [0.2, 0.25) is 10.0 Å². The van der Waals surface area contributed by atoms with Gasteiger partial charge < -0.3 is 4.74 Å². The molecule has 0 N–H and O–H groups in total. The van der Waals surface area contributed by atoms with E-state index in [4.69, 9.17) is 27.9 Å². The van der Waals surface area contributed by atoms with Crippen molar-refractivity contribution in [2.75, 3.05) is 7.11 Å². The van der Waals surface area contributed by atoms with Gasteiger partial charge in [0.1, 0.15) is 5.78 Å². The first-order valence-electron chi connectivity index (χ1n) is 10.5. The number of Topliss-reactive ketones (excluding diaryl/α,β-unsaturated/α-hetero) is 1. The average molecular weight is 429 g/mol. The topological polar surface area (TPSA) is 43.4 Å². The van der Waals surface area contributed by atoms with Gasteiger partial charge in [0.25, 0.3) is 0 Å². The molecule has 0 aliphatic rings. The summed E-state index contributed by atoms with van der Waals surface area (Å²) in [4.78, 5) is 25.0. The maximum absolute atomic E-state index is 13.0. The molecule has 0 fully saturated rings. The summed E-state index contributed by atoms with van der Waals surface area (Å²) in [5.41, 5.74) is 0.864. The first-order valence-corrected chi connectivity index (χ1v) is 11.3. The van der Waals surface area contributed by atoms with E-state index in [0.29, 0.717) is 29.3 Å². The third-order valence-corrected chi connectivity index (χ3v) is 5.80. The van der Waals surface area contributed by atoms with Crippen LogP contribution in [0, 0.1) is 5.92 Å². The van der Waals surface area contributed by atoms with Crippen LogP contribution in [0.25, 0.3) is 0 Å². The van der Waals surface area contributed by atoms with Crippen molar-refractivity contribution >= 4 is 35.0 Å². The Labute approximate surface area is 180 Å². The molecular formula is C23H34Cl2O3. The Morgan fingerprint density at radius 2 is 1.64 bits per heavy atom. The van der Waals surface area contributed by atoms with Crippen molar-refractivity contribution in [1.29, 1.82) is 0 Å². The van der Waals surface area contributed by atoms with E-state index >= 15 is 0 Å². The molecule has 0 saturated heterocycles. The standard InChI is InChI=1S/C23H34Cl2O3/c1-4-6-8-12-20(19-15-14-18(24)16-21(19)25)22(26)13-9-11-17(10-7-5-2)23(27)28-3/h14-17,20H,4-13H2,1-3H3. The number of halogens is 2. The number of ether oxygens (including phenoxy) is 1. The predicted molar refractivity (Wildman–Crippen MR) is 117 cm³/mol. The second kappa shape index (κ2) is 14.0. The summed E-state index contributed by atoms with van der Waals surface area (Å²) in [7, 11) is 1.43.